The number of hydrogen-bond donors (Lipinski definition) is 0. The van der Waals surface area contributed by atoms with Crippen molar-refractivity contribution in [3.05, 3.63) is 59.7 Å². The van der Waals surface area contributed by atoms with E-state index in [4.69, 9.17) is 0 Å². The summed E-state index contributed by atoms with van der Waals surface area (Å²) >= 11 is 0. The fourth-order valence-electron chi connectivity index (χ4n) is 3.89. The van der Waals surface area contributed by atoms with E-state index >= 15 is 0 Å². The highest BCUT2D eigenvalue weighted by Crippen LogP contribution is 2.36. The average Bonchev–Trinajstić information content (AvgIpc) is 3.15. The monoisotopic (exact) mass is 298 g/mol. The van der Waals surface area contributed by atoms with Crippen molar-refractivity contribution < 1.29 is 0 Å². The second-order valence-electron chi connectivity index (χ2n) is 6.33. The van der Waals surface area contributed by atoms with Gasteiger partial charge in [-0.1, -0.05) is 48.6 Å². The van der Waals surface area contributed by atoms with Gasteiger partial charge in [-0.05, 0) is 46.2 Å². The molecular formula is C21H18N2. The first-order chi connectivity index (χ1) is 11.4. The zero-order valence-corrected chi connectivity index (χ0v) is 13.0. The molecule has 2 nitrogen and oxygen atoms in total. The van der Waals surface area contributed by atoms with Gasteiger partial charge in [0.1, 0.15) is 0 Å². The van der Waals surface area contributed by atoms with Crippen LogP contribution in [0, 0.1) is 0 Å². The van der Waals surface area contributed by atoms with Crippen molar-refractivity contribution in [3.8, 4) is 0 Å². The van der Waals surface area contributed by atoms with E-state index < -0.39 is 0 Å². The molecular weight excluding hydrogens is 280 g/mol. The Morgan fingerprint density at radius 1 is 0.870 bits per heavy atom. The summed E-state index contributed by atoms with van der Waals surface area (Å²) in [6.45, 7) is 1.87. The van der Waals surface area contributed by atoms with Crippen LogP contribution in [0.1, 0.15) is 17.5 Å². The standard InChI is InChI=1S/C21H18N2/c1-2-5-16-15(4-1)8-9-19-17-6-3-7-21(23-13-12-22-14-23)20(17)11-10-18(16)19/h2-3,5-11,14H,1,4,12-13H2. The third kappa shape index (κ3) is 1.91. The average molecular weight is 298 g/mol. The minimum absolute atomic E-state index is 0.891. The molecule has 1 aliphatic carbocycles. The van der Waals surface area contributed by atoms with Crippen molar-refractivity contribution in [1.82, 2.24) is 0 Å². The van der Waals surface area contributed by atoms with Crippen molar-refractivity contribution in [3.63, 3.8) is 0 Å². The Morgan fingerprint density at radius 2 is 1.74 bits per heavy atom. The van der Waals surface area contributed by atoms with Crippen molar-refractivity contribution in [2.45, 2.75) is 12.8 Å². The first-order valence-corrected chi connectivity index (χ1v) is 8.32. The summed E-state index contributed by atoms with van der Waals surface area (Å²) < 4.78 is 0. The molecule has 0 spiro atoms. The summed E-state index contributed by atoms with van der Waals surface area (Å²) in [5.41, 5.74) is 4.14. The highest BCUT2D eigenvalue weighted by atomic mass is 15.2. The zero-order chi connectivity index (χ0) is 15.2. The summed E-state index contributed by atoms with van der Waals surface area (Å²) in [4.78, 5) is 6.62. The molecule has 2 heteroatoms. The lowest BCUT2D eigenvalue weighted by Crippen LogP contribution is -2.18. The van der Waals surface area contributed by atoms with Gasteiger partial charge in [0.2, 0.25) is 0 Å². The highest BCUT2D eigenvalue weighted by Gasteiger charge is 2.14. The normalized spacial score (nSPS) is 16.4. The van der Waals surface area contributed by atoms with Crippen LogP contribution in [0.5, 0.6) is 0 Å². The van der Waals surface area contributed by atoms with Crippen molar-refractivity contribution in [2.75, 3.05) is 18.0 Å². The molecule has 5 rings (SSSR count). The predicted molar refractivity (Wildman–Crippen MR) is 99.5 cm³/mol. The fourth-order valence-corrected chi connectivity index (χ4v) is 3.89. The first kappa shape index (κ1) is 12.9. The Kier molecular flexibility index (Phi) is 2.77. The van der Waals surface area contributed by atoms with Gasteiger partial charge < -0.3 is 4.90 Å². The molecule has 23 heavy (non-hydrogen) atoms. The van der Waals surface area contributed by atoms with Crippen LogP contribution in [-0.4, -0.2) is 19.4 Å². The number of nitrogens with zero attached hydrogens (tertiary/aromatic N) is 2. The van der Waals surface area contributed by atoms with Crippen LogP contribution >= 0.6 is 0 Å². The Morgan fingerprint density at radius 3 is 2.65 bits per heavy atom. The summed E-state index contributed by atoms with van der Waals surface area (Å²) in [6.07, 6.45) is 8.87. The molecule has 3 aromatic carbocycles. The minimum atomic E-state index is 0.891. The molecule has 0 radical (unpaired) electrons. The molecule has 0 saturated carbocycles. The molecule has 3 aromatic rings. The molecule has 0 amide bonds. The van der Waals surface area contributed by atoms with Gasteiger partial charge in [0.25, 0.3) is 0 Å². The van der Waals surface area contributed by atoms with Crippen LogP contribution in [0.15, 0.2) is 53.5 Å². The molecule has 0 atom stereocenters. The summed E-state index contributed by atoms with van der Waals surface area (Å²) in [6, 6.07) is 15.8. The van der Waals surface area contributed by atoms with Crippen LogP contribution in [0.25, 0.3) is 27.6 Å². The summed E-state index contributed by atoms with van der Waals surface area (Å²) in [5.74, 6) is 0. The first-order valence-electron chi connectivity index (χ1n) is 8.32. The molecule has 0 bridgehead atoms. The topological polar surface area (TPSA) is 15.6 Å². The Labute approximate surface area is 135 Å². The quantitative estimate of drug-likeness (QED) is 0.589. The van der Waals surface area contributed by atoms with E-state index in [9.17, 15) is 0 Å². The van der Waals surface area contributed by atoms with Crippen molar-refractivity contribution >= 4 is 39.6 Å². The van der Waals surface area contributed by atoms with Crippen LogP contribution in [-0.2, 0) is 6.42 Å². The van der Waals surface area contributed by atoms with E-state index in [2.05, 4.69) is 64.5 Å². The second-order valence-corrected chi connectivity index (χ2v) is 6.33. The predicted octanol–water partition coefficient (Wildman–Crippen LogP) is 4.80. The minimum Gasteiger partial charge on any atom is -0.330 e. The number of hydrogen-bond acceptors (Lipinski definition) is 2. The van der Waals surface area contributed by atoms with Gasteiger partial charge in [0.15, 0.2) is 0 Å². The van der Waals surface area contributed by atoms with E-state index in [-0.39, 0.29) is 0 Å². The number of aryl methyl sites for hydroxylation is 1. The van der Waals surface area contributed by atoms with E-state index in [0.29, 0.717) is 0 Å². The smallest absolute Gasteiger partial charge is 0.0895 e. The molecule has 0 saturated heterocycles. The van der Waals surface area contributed by atoms with Gasteiger partial charge in [-0.25, -0.2) is 0 Å². The number of allylic oxidation sites excluding steroid dienone is 1. The molecule has 0 aromatic heterocycles. The third-order valence-electron chi connectivity index (χ3n) is 5.03. The fraction of sp³-hybridized carbons (Fsp3) is 0.190. The van der Waals surface area contributed by atoms with Gasteiger partial charge in [-0.3, -0.25) is 4.99 Å². The molecule has 0 unspecified atom stereocenters. The number of fused-ring (bicyclic) bond motifs is 5. The van der Waals surface area contributed by atoms with Crippen molar-refractivity contribution in [1.29, 1.82) is 0 Å². The summed E-state index contributed by atoms with van der Waals surface area (Å²) in [5, 5.41) is 5.37. The van der Waals surface area contributed by atoms with E-state index in [0.717, 1.165) is 25.9 Å². The van der Waals surface area contributed by atoms with Gasteiger partial charge in [-0.15, -0.1) is 0 Å². The molecule has 0 fully saturated rings. The van der Waals surface area contributed by atoms with E-state index in [1.54, 1.807) is 0 Å². The Bertz CT molecular complexity index is 982. The maximum absolute atomic E-state index is 4.36. The van der Waals surface area contributed by atoms with Crippen LogP contribution in [0.2, 0.25) is 0 Å². The number of benzene rings is 3. The largest absolute Gasteiger partial charge is 0.330 e. The third-order valence-corrected chi connectivity index (χ3v) is 5.03. The molecule has 1 aliphatic heterocycles. The maximum atomic E-state index is 4.36. The second kappa shape index (κ2) is 4.95. The van der Waals surface area contributed by atoms with Gasteiger partial charge in [0, 0.05) is 17.6 Å². The lowest BCUT2D eigenvalue weighted by atomic mass is 9.90. The van der Waals surface area contributed by atoms with Crippen LogP contribution in [0.3, 0.4) is 0 Å². The number of aliphatic imine (C=N–C) groups is 1. The SMILES string of the molecule is C1=Cc2c(ccc3c2ccc2c(N4C=NCC4)cccc23)CC1. The molecule has 0 N–H and O–H groups in total. The summed E-state index contributed by atoms with van der Waals surface area (Å²) in [7, 11) is 0. The van der Waals surface area contributed by atoms with Gasteiger partial charge in [0.05, 0.1) is 12.9 Å². The Balaban J connectivity index is 1.83. The van der Waals surface area contributed by atoms with E-state index in [1.165, 1.54) is 38.4 Å². The highest BCUT2D eigenvalue weighted by molar-refractivity contribution is 6.14. The van der Waals surface area contributed by atoms with Crippen molar-refractivity contribution in [2.24, 2.45) is 4.99 Å². The zero-order valence-electron chi connectivity index (χ0n) is 13.0. The number of anilines is 1. The number of rotatable bonds is 1. The van der Waals surface area contributed by atoms with E-state index in [1.807, 2.05) is 6.34 Å². The van der Waals surface area contributed by atoms with Crippen LogP contribution in [0.4, 0.5) is 5.69 Å². The lowest BCUT2D eigenvalue weighted by Gasteiger charge is -2.19. The molecule has 2 aliphatic rings. The molecule has 1 heterocycles. The van der Waals surface area contributed by atoms with Crippen LogP contribution < -0.4 is 4.90 Å². The maximum Gasteiger partial charge on any atom is 0.0895 e. The Hall–Kier alpha value is -2.61. The lowest BCUT2D eigenvalue weighted by molar-refractivity contribution is 0.990. The molecule has 112 valence electrons. The van der Waals surface area contributed by atoms with Gasteiger partial charge >= 0.3 is 0 Å². The van der Waals surface area contributed by atoms with Gasteiger partial charge in [-0.2, -0.15) is 0 Å².